The molecule has 4 rings (SSSR count). The quantitative estimate of drug-likeness (QED) is 0.755. The van der Waals surface area contributed by atoms with Crippen LogP contribution < -0.4 is 5.32 Å². The third-order valence-electron chi connectivity index (χ3n) is 5.00. The van der Waals surface area contributed by atoms with Crippen LogP contribution in [0.1, 0.15) is 45.9 Å². The molecule has 5 nitrogen and oxygen atoms in total. The maximum absolute atomic E-state index is 12.6. The summed E-state index contributed by atoms with van der Waals surface area (Å²) >= 11 is 0. The molecule has 1 aliphatic rings. The maximum Gasteiger partial charge on any atom is 0.272 e. The Bertz CT molecular complexity index is 916. The first-order chi connectivity index (χ1) is 13.2. The van der Waals surface area contributed by atoms with E-state index in [1.54, 1.807) is 6.33 Å². The Morgan fingerprint density at radius 1 is 1.15 bits per heavy atom. The fraction of sp³-hybridized carbons (Fsp3) is 0.273. The van der Waals surface area contributed by atoms with E-state index in [0.29, 0.717) is 25.4 Å². The molecule has 1 N–H and O–H groups in total. The lowest BCUT2D eigenvalue weighted by Gasteiger charge is -2.25. The van der Waals surface area contributed by atoms with Crippen LogP contribution in [-0.4, -0.2) is 15.5 Å². The molecule has 2 aromatic carbocycles. The molecule has 0 bridgehead atoms. The van der Waals surface area contributed by atoms with Gasteiger partial charge in [-0.1, -0.05) is 61.5 Å². The van der Waals surface area contributed by atoms with Crippen LogP contribution in [-0.2, 0) is 30.9 Å². The number of ether oxygens (including phenoxy) is 1. The molecule has 1 aliphatic heterocycles. The fourth-order valence-electron chi connectivity index (χ4n) is 3.35. The van der Waals surface area contributed by atoms with Gasteiger partial charge in [0.1, 0.15) is 6.10 Å². The Kier molecular flexibility index (Phi) is 5.03. The van der Waals surface area contributed by atoms with Crippen molar-refractivity contribution >= 4 is 5.91 Å². The van der Waals surface area contributed by atoms with Gasteiger partial charge in [-0.3, -0.25) is 4.79 Å². The Hall–Kier alpha value is -2.92. The zero-order valence-corrected chi connectivity index (χ0v) is 15.4. The first kappa shape index (κ1) is 17.5. The van der Waals surface area contributed by atoms with E-state index in [4.69, 9.17) is 4.74 Å². The molecule has 0 saturated carbocycles. The minimum absolute atomic E-state index is 0.0131. The number of hydrogen-bond acceptors (Lipinski definition) is 3. The van der Waals surface area contributed by atoms with Gasteiger partial charge < -0.3 is 14.6 Å². The number of rotatable bonds is 5. The summed E-state index contributed by atoms with van der Waals surface area (Å²) < 4.78 is 8.01. The van der Waals surface area contributed by atoms with Crippen LogP contribution in [0, 0.1) is 0 Å². The van der Waals surface area contributed by atoms with Gasteiger partial charge in [-0.05, 0) is 23.1 Å². The van der Waals surface area contributed by atoms with Crippen molar-refractivity contribution < 1.29 is 9.53 Å². The predicted molar refractivity (Wildman–Crippen MR) is 103 cm³/mol. The van der Waals surface area contributed by atoms with Crippen LogP contribution in [0.4, 0.5) is 0 Å². The van der Waals surface area contributed by atoms with E-state index in [2.05, 4.69) is 53.6 Å². The highest BCUT2D eigenvalue weighted by molar-refractivity contribution is 5.93. The van der Waals surface area contributed by atoms with Crippen molar-refractivity contribution in [3.8, 4) is 0 Å². The van der Waals surface area contributed by atoms with Crippen LogP contribution >= 0.6 is 0 Å². The SMILES string of the molecule is CCc1ccc(CNC(=O)c2ncn3c2CO[C@@H](c2ccccc2)C3)cc1. The van der Waals surface area contributed by atoms with Gasteiger partial charge in [-0.2, -0.15) is 0 Å². The number of aromatic nitrogens is 2. The van der Waals surface area contributed by atoms with E-state index < -0.39 is 0 Å². The lowest BCUT2D eigenvalue weighted by molar-refractivity contribution is 0.00257. The molecule has 5 heteroatoms. The lowest BCUT2D eigenvalue weighted by atomic mass is 10.1. The van der Waals surface area contributed by atoms with Crippen LogP contribution in [0.15, 0.2) is 60.9 Å². The second kappa shape index (κ2) is 7.76. The zero-order valence-electron chi connectivity index (χ0n) is 15.4. The minimum atomic E-state index is -0.162. The fourth-order valence-corrected chi connectivity index (χ4v) is 3.35. The molecule has 0 spiro atoms. The van der Waals surface area contributed by atoms with E-state index in [0.717, 1.165) is 23.2 Å². The summed E-state index contributed by atoms with van der Waals surface area (Å²) in [6.07, 6.45) is 2.73. The summed E-state index contributed by atoms with van der Waals surface area (Å²) in [6, 6.07) is 18.4. The predicted octanol–water partition coefficient (Wildman–Crippen LogP) is 3.65. The summed E-state index contributed by atoms with van der Waals surface area (Å²) in [5, 5.41) is 2.96. The number of aryl methyl sites for hydroxylation is 1. The van der Waals surface area contributed by atoms with Gasteiger partial charge in [0, 0.05) is 6.54 Å². The van der Waals surface area contributed by atoms with Gasteiger partial charge in [-0.15, -0.1) is 0 Å². The molecule has 0 saturated heterocycles. The molecule has 1 atom stereocenters. The summed E-state index contributed by atoms with van der Waals surface area (Å²) in [6.45, 7) is 3.66. The molecule has 1 amide bonds. The van der Waals surface area contributed by atoms with Crippen LogP contribution in [0.2, 0.25) is 0 Å². The normalized spacial score (nSPS) is 16.0. The standard InChI is InChI=1S/C22H23N3O2/c1-2-16-8-10-17(11-9-16)12-23-22(26)21-19-14-27-20(13-25(19)15-24-21)18-6-4-3-5-7-18/h3-11,15,20H,2,12-14H2,1H3,(H,23,26)/t20-/m1/s1. The largest absolute Gasteiger partial charge is 0.365 e. The molecular formula is C22H23N3O2. The molecule has 3 aromatic rings. The molecule has 0 aliphatic carbocycles. The molecule has 1 aromatic heterocycles. The number of amides is 1. The summed E-state index contributed by atoms with van der Waals surface area (Å²) in [4.78, 5) is 16.9. The number of carbonyl (C=O) groups excluding carboxylic acids is 1. The van der Waals surface area contributed by atoms with Crippen molar-refractivity contribution in [2.24, 2.45) is 0 Å². The highest BCUT2D eigenvalue weighted by Gasteiger charge is 2.26. The summed E-state index contributed by atoms with van der Waals surface area (Å²) in [7, 11) is 0. The van der Waals surface area contributed by atoms with Gasteiger partial charge in [0.2, 0.25) is 0 Å². The molecule has 0 fully saturated rings. The van der Waals surface area contributed by atoms with E-state index in [9.17, 15) is 4.79 Å². The first-order valence-electron chi connectivity index (χ1n) is 9.31. The second-order valence-corrected chi connectivity index (χ2v) is 6.76. The van der Waals surface area contributed by atoms with Gasteiger partial charge in [0.15, 0.2) is 5.69 Å². The molecular weight excluding hydrogens is 338 g/mol. The average Bonchev–Trinajstić information content (AvgIpc) is 3.16. The van der Waals surface area contributed by atoms with Gasteiger partial charge in [-0.25, -0.2) is 4.98 Å². The monoisotopic (exact) mass is 361 g/mol. The van der Waals surface area contributed by atoms with Crippen molar-refractivity contribution in [2.75, 3.05) is 0 Å². The summed E-state index contributed by atoms with van der Waals surface area (Å²) in [5.74, 6) is -0.162. The van der Waals surface area contributed by atoms with Gasteiger partial charge in [0.05, 0.1) is 25.2 Å². The number of fused-ring (bicyclic) bond motifs is 1. The average molecular weight is 361 g/mol. The van der Waals surface area contributed by atoms with Crippen molar-refractivity contribution in [1.82, 2.24) is 14.9 Å². The molecule has 0 unspecified atom stereocenters. The van der Waals surface area contributed by atoms with Crippen molar-refractivity contribution in [1.29, 1.82) is 0 Å². The van der Waals surface area contributed by atoms with Crippen LogP contribution in [0.5, 0.6) is 0 Å². The zero-order chi connectivity index (χ0) is 18.6. The van der Waals surface area contributed by atoms with E-state index >= 15 is 0 Å². The number of benzene rings is 2. The number of carbonyl (C=O) groups is 1. The van der Waals surface area contributed by atoms with Crippen molar-refractivity contribution in [3.63, 3.8) is 0 Å². The third-order valence-corrected chi connectivity index (χ3v) is 5.00. The van der Waals surface area contributed by atoms with E-state index in [1.807, 2.05) is 22.8 Å². The van der Waals surface area contributed by atoms with Gasteiger partial charge in [0.25, 0.3) is 5.91 Å². The Balaban J connectivity index is 1.42. The van der Waals surface area contributed by atoms with E-state index in [1.165, 1.54) is 5.56 Å². The van der Waals surface area contributed by atoms with Crippen molar-refractivity contribution in [3.05, 3.63) is 89.0 Å². The van der Waals surface area contributed by atoms with Crippen LogP contribution in [0.25, 0.3) is 0 Å². The molecule has 138 valence electrons. The smallest absolute Gasteiger partial charge is 0.272 e. The Morgan fingerprint density at radius 2 is 1.89 bits per heavy atom. The topological polar surface area (TPSA) is 56.2 Å². The minimum Gasteiger partial charge on any atom is -0.365 e. The lowest BCUT2D eigenvalue weighted by Crippen LogP contribution is -2.27. The third kappa shape index (κ3) is 3.78. The highest BCUT2D eigenvalue weighted by atomic mass is 16.5. The second-order valence-electron chi connectivity index (χ2n) is 6.76. The van der Waals surface area contributed by atoms with E-state index in [-0.39, 0.29) is 12.0 Å². The number of imidazole rings is 1. The molecule has 2 heterocycles. The molecule has 0 radical (unpaired) electrons. The maximum atomic E-state index is 12.6. The van der Waals surface area contributed by atoms with Crippen molar-refractivity contribution in [2.45, 2.75) is 39.1 Å². The first-order valence-corrected chi connectivity index (χ1v) is 9.31. The Labute approximate surface area is 159 Å². The highest BCUT2D eigenvalue weighted by Crippen LogP contribution is 2.27. The summed E-state index contributed by atoms with van der Waals surface area (Å²) in [5.41, 5.74) is 4.79. The molecule has 27 heavy (non-hydrogen) atoms. The Morgan fingerprint density at radius 3 is 2.63 bits per heavy atom. The number of hydrogen-bond donors (Lipinski definition) is 1. The number of nitrogens with one attached hydrogen (secondary N) is 1. The number of nitrogens with zero attached hydrogens (tertiary/aromatic N) is 2. The van der Waals surface area contributed by atoms with Crippen LogP contribution in [0.3, 0.4) is 0 Å². The van der Waals surface area contributed by atoms with Gasteiger partial charge >= 0.3 is 0 Å².